The summed E-state index contributed by atoms with van der Waals surface area (Å²) in [5.41, 5.74) is 5.65. The van der Waals surface area contributed by atoms with E-state index in [0.717, 1.165) is 39.0 Å². The van der Waals surface area contributed by atoms with E-state index < -0.39 is 11.8 Å². The lowest BCUT2D eigenvalue weighted by atomic mass is 10.0. The number of hydrogen-bond acceptors (Lipinski definition) is 3. The highest BCUT2D eigenvalue weighted by molar-refractivity contribution is 7.80. The minimum atomic E-state index is -0.491. The SMILES string of the molecule is Cc1cc(/C=C2\C(=O)NC(=S)N(c3ccc(C(C)C)cc3)C2=O)c(C)n1-c1cccc2ccccc12. The number of amides is 2. The highest BCUT2D eigenvalue weighted by atomic mass is 32.1. The molecule has 0 spiro atoms. The van der Waals surface area contributed by atoms with Gasteiger partial charge in [-0.05, 0) is 78.8 Å². The number of nitrogens with one attached hydrogen (secondary N) is 1. The largest absolute Gasteiger partial charge is 0.317 e. The van der Waals surface area contributed by atoms with Gasteiger partial charge in [-0.25, -0.2) is 0 Å². The van der Waals surface area contributed by atoms with E-state index in [9.17, 15) is 9.59 Å². The number of aromatic nitrogens is 1. The van der Waals surface area contributed by atoms with E-state index in [1.54, 1.807) is 6.08 Å². The fourth-order valence-electron chi connectivity index (χ4n) is 4.76. The van der Waals surface area contributed by atoms with Crippen molar-refractivity contribution < 1.29 is 9.59 Å². The second kappa shape index (κ2) is 9.21. The van der Waals surface area contributed by atoms with Crippen LogP contribution in [0.1, 0.15) is 42.3 Å². The number of carbonyl (C=O) groups excluding carboxylic acids is 2. The molecule has 0 aliphatic carbocycles. The summed E-state index contributed by atoms with van der Waals surface area (Å²) >= 11 is 5.37. The normalized spacial score (nSPS) is 15.3. The van der Waals surface area contributed by atoms with Crippen LogP contribution in [0.15, 0.2) is 78.4 Å². The molecule has 1 aliphatic heterocycles. The fourth-order valence-corrected chi connectivity index (χ4v) is 5.04. The summed E-state index contributed by atoms with van der Waals surface area (Å²) in [5, 5.41) is 5.05. The summed E-state index contributed by atoms with van der Waals surface area (Å²) in [5.74, 6) is -0.554. The Balaban J connectivity index is 1.56. The third kappa shape index (κ3) is 4.03. The van der Waals surface area contributed by atoms with E-state index in [1.807, 2.05) is 62.4 Å². The Morgan fingerprint density at radius 3 is 2.33 bits per heavy atom. The second-order valence-electron chi connectivity index (χ2n) is 9.36. The first-order valence-electron chi connectivity index (χ1n) is 11.9. The second-order valence-corrected chi connectivity index (χ2v) is 9.75. The zero-order valence-electron chi connectivity index (χ0n) is 20.7. The standard InChI is InChI=1S/C30H27N3O2S/c1-18(2)21-12-14-24(15-13-21)33-29(35)26(28(34)31-30(33)36)17-23-16-19(3)32(20(23)4)27-11-7-9-22-8-5-6-10-25(22)27/h5-18H,1-4H3,(H,31,34,36)/b26-17+. The van der Waals surface area contributed by atoms with Crippen molar-refractivity contribution in [1.82, 2.24) is 9.88 Å². The molecule has 1 N–H and O–H groups in total. The molecule has 1 saturated heterocycles. The maximum atomic E-state index is 13.5. The van der Waals surface area contributed by atoms with Crippen molar-refractivity contribution >= 4 is 51.7 Å². The highest BCUT2D eigenvalue weighted by Crippen LogP contribution is 2.30. The average molecular weight is 494 g/mol. The van der Waals surface area contributed by atoms with Crippen LogP contribution in [0.2, 0.25) is 0 Å². The molecule has 1 fully saturated rings. The minimum Gasteiger partial charge on any atom is -0.317 e. The molecule has 5 nitrogen and oxygen atoms in total. The zero-order valence-corrected chi connectivity index (χ0v) is 21.5. The van der Waals surface area contributed by atoms with Crippen LogP contribution in [0.25, 0.3) is 22.5 Å². The molecule has 2 heterocycles. The molecule has 180 valence electrons. The molecule has 36 heavy (non-hydrogen) atoms. The predicted octanol–water partition coefficient (Wildman–Crippen LogP) is 6.20. The van der Waals surface area contributed by atoms with Crippen molar-refractivity contribution in [2.24, 2.45) is 0 Å². The van der Waals surface area contributed by atoms with Crippen molar-refractivity contribution in [1.29, 1.82) is 0 Å². The van der Waals surface area contributed by atoms with Crippen molar-refractivity contribution in [3.8, 4) is 5.69 Å². The molecule has 1 aromatic heterocycles. The lowest BCUT2D eigenvalue weighted by molar-refractivity contribution is -0.122. The number of benzene rings is 3. The Kier molecular flexibility index (Phi) is 6.06. The van der Waals surface area contributed by atoms with Gasteiger partial charge in [0.05, 0.1) is 11.4 Å². The average Bonchev–Trinajstić information content (AvgIpc) is 3.14. The van der Waals surface area contributed by atoms with Crippen molar-refractivity contribution in [3.05, 3.63) is 101 Å². The summed E-state index contributed by atoms with van der Waals surface area (Å²) < 4.78 is 2.16. The van der Waals surface area contributed by atoms with E-state index in [2.05, 4.69) is 48.0 Å². The Bertz CT molecular complexity index is 1560. The number of fused-ring (bicyclic) bond motifs is 1. The summed E-state index contributed by atoms with van der Waals surface area (Å²) in [6.45, 7) is 8.25. The quantitative estimate of drug-likeness (QED) is 0.209. The minimum absolute atomic E-state index is 0.0507. The van der Waals surface area contributed by atoms with Crippen LogP contribution in [0, 0.1) is 13.8 Å². The highest BCUT2D eigenvalue weighted by Gasteiger charge is 2.34. The molecule has 0 unspecified atom stereocenters. The summed E-state index contributed by atoms with van der Waals surface area (Å²) in [6, 6.07) is 24.1. The first kappa shape index (κ1) is 23.7. The number of rotatable bonds is 4. The van der Waals surface area contributed by atoms with Gasteiger partial charge in [0.25, 0.3) is 11.8 Å². The van der Waals surface area contributed by atoms with Gasteiger partial charge in [-0.3, -0.25) is 19.8 Å². The molecule has 0 radical (unpaired) electrons. The lowest BCUT2D eigenvalue weighted by Crippen LogP contribution is -2.54. The Morgan fingerprint density at radius 2 is 1.61 bits per heavy atom. The van der Waals surface area contributed by atoms with Gasteiger partial charge in [-0.15, -0.1) is 0 Å². The van der Waals surface area contributed by atoms with Crippen LogP contribution >= 0.6 is 12.2 Å². The van der Waals surface area contributed by atoms with E-state index in [0.29, 0.717) is 11.6 Å². The van der Waals surface area contributed by atoms with Crippen LogP contribution in [-0.2, 0) is 9.59 Å². The van der Waals surface area contributed by atoms with Gasteiger partial charge in [0.2, 0.25) is 0 Å². The number of anilines is 1. The number of nitrogens with zero attached hydrogens (tertiary/aromatic N) is 2. The molecule has 0 saturated carbocycles. The Labute approximate surface area is 216 Å². The molecule has 2 amide bonds. The molecule has 3 aromatic carbocycles. The summed E-state index contributed by atoms with van der Waals surface area (Å²) in [6.07, 6.45) is 1.67. The monoisotopic (exact) mass is 493 g/mol. The number of thiocarbonyl (C=S) groups is 1. The molecule has 0 atom stereocenters. The van der Waals surface area contributed by atoms with Crippen LogP contribution in [-0.4, -0.2) is 21.5 Å². The zero-order chi connectivity index (χ0) is 25.6. The van der Waals surface area contributed by atoms with Gasteiger partial charge in [0, 0.05) is 16.8 Å². The molecule has 6 heteroatoms. The maximum absolute atomic E-state index is 13.5. The van der Waals surface area contributed by atoms with E-state index in [1.165, 1.54) is 4.90 Å². The molecule has 4 aromatic rings. The Morgan fingerprint density at radius 1 is 0.917 bits per heavy atom. The van der Waals surface area contributed by atoms with E-state index in [4.69, 9.17) is 12.2 Å². The number of carbonyl (C=O) groups is 2. The summed E-state index contributed by atoms with van der Waals surface area (Å²) in [7, 11) is 0. The van der Waals surface area contributed by atoms with Crippen molar-refractivity contribution in [2.45, 2.75) is 33.6 Å². The van der Waals surface area contributed by atoms with E-state index in [-0.39, 0.29) is 10.7 Å². The predicted molar refractivity (Wildman–Crippen MR) is 149 cm³/mol. The molecule has 0 bridgehead atoms. The van der Waals surface area contributed by atoms with Gasteiger partial charge in [0.15, 0.2) is 5.11 Å². The van der Waals surface area contributed by atoms with Gasteiger partial charge in [-0.2, -0.15) is 0 Å². The maximum Gasteiger partial charge on any atom is 0.270 e. The van der Waals surface area contributed by atoms with E-state index >= 15 is 0 Å². The molecule has 1 aliphatic rings. The van der Waals surface area contributed by atoms with Gasteiger partial charge in [0.1, 0.15) is 5.57 Å². The number of hydrogen-bond donors (Lipinski definition) is 1. The van der Waals surface area contributed by atoms with Crippen molar-refractivity contribution in [3.63, 3.8) is 0 Å². The van der Waals surface area contributed by atoms with Gasteiger partial charge in [-0.1, -0.05) is 62.4 Å². The Hall–Kier alpha value is -4.03. The lowest BCUT2D eigenvalue weighted by Gasteiger charge is -2.29. The molecular weight excluding hydrogens is 466 g/mol. The van der Waals surface area contributed by atoms with Crippen LogP contribution < -0.4 is 10.2 Å². The van der Waals surface area contributed by atoms with Gasteiger partial charge >= 0.3 is 0 Å². The first-order valence-corrected chi connectivity index (χ1v) is 12.4. The van der Waals surface area contributed by atoms with Crippen molar-refractivity contribution in [2.75, 3.05) is 4.90 Å². The summed E-state index contributed by atoms with van der Waals surface area (Å²) in [4.78, 5) is 27.8. The third-order valence-corrected chi connectivity index (χ3v) is 6.98. The molecular formula is C30H27N3O2S. The number of aryl methyl sites for hydroxylation is 1. The van der Waals surface area contributed by atoms with Crippen LogP contribution in [0.3, 0.4) is 0 Å². The topological polar surface area (TPSA) is 54.3 Å². The van der Waals surface area contributed by atoms with Crippen LogP contribution in [0.4, 0.5) is 5.69 Å². The van der Waals surface area contributed by atoms with Gasteiger partial charge < -0.3 is 4.57 Å². The third-order valence-electron chi connectivity index (χ3n) is 6.70. The van der Waals surface area contributed by atoms with Crippen LogP contribution in [0.5, 0.6) is 0 Å². The fraction of sp³-hybridized carbons (Fsp3) is 0.167. The first-order chi connectivity index (χ1) is 17.3. The smallest absolute Gasteiger partial charge is 0.270 e. The molecule has 5 rings (SSSR count).